The van der Waals surface area contributed by atoms with Crippen LogP contribution in [0.4, 0.5) is 0 Å². The van der Waals surface area contributed by atoms with Gasteiger partial charge in [-0.1, -0.05) is 24.3 Å². The van der Waals surface area contributed by atoms with Gasteiger partial charge in [0.2, 0.25) is 0 Å². The average Bonchev–Trinajstić information content (AvgIpc) is 3.26. The first kappa shape index (κ1) is 18.2. The molecule has 0 bridgehead atoms. The van der Waals surface area contributed by atoms with Gasteiger partial charge in [-0.3, -0.25) is 9.59 Å². The Bertz CT molecular complexity index is 586. The van der Waals surface area contributed by atoms with Crippen LogP contribution in [0.3, 0.4) is 0 Å². The Morgan fingerprint density at radius 3 is 1.74 bits per heavy atom. The second-order valence-corrected chi connectivity index (χ2v) is 4.93. The molecule has 2 nitrogen and oxygen atoms in total. The Hall–Kier alpha value is -1.18. The van der Waals surface area contributed by atoms with Crippen molar-refractivity contribution in [2.75, 3.05) is 0 Å². The van der Waals surface area contributed by atoms with Crippen molar-refractivity contribution in [1.29, 1.82) is 0 Å². The smallest absolute Gasteiger partial charge is 0.289 e. The van der Waals surface area contributed by atoms with Crippen LogP contribution in [0.1, 0.15) is 20.7 Å². The van der Waals surface area contributed by atoms with Crippen LogP contribution in [-0.2, 0) is 17.1 Å². The van der Waals surface area contributed by atoms with E-state index in [9.17, 15) is 9.59 Å². The summed E-state index contributed by atoms with van der Waals surface area (Å²) in [7, 11) is 0. The zero-order chi connectivity index (χ0) is 15.4. The second-order valence-electron chi connectivity index (χ2n) is 4.93. The van der Waals surface area contributed by atoms with Gasteiger partial charge in [0.25, 0.3) is 0 Å². The van der Waals surface area contributed by atoms with Crippen LogP contribution in [0, 0.1) is 63.7 Å². The number of hydrogen-bond acceptors (Lipinski definition) is 2. The Kier molecular flexibility index (Phi) is 6.80. The number of carbonyl (C=O) groups is 2. The molecule has 0 heterocycles. The van der Waals surface area contributed by atoms with Crippen molar-refractivity contribution in [3.63, 3.8) is 0 Å². The third-order valence-electron chi connectivity index (χ3n) is 3.49. The van der Waals surface area contributed by atoms with Crippen LogP contribution >= 0.6 is 0 Å². The number of hydrogen-bond donors (Lipinski definition) is 0. The zero-order valence-corrected chi connectivity index (χ0v) is 13.4. The number of rotatable bonds is 1. The largest absolute Gasteiger partial charge is 2.00 e. The van der Waals surface area contributed by atoms with E-state index in [0.29, 0.717) is 16.7 Å². The van der Waals surface area contributed by atoms with Crippen molar-refractivity contribution in [2.24, 2.45) is 0 Å². The molecule has 1 aromatic carbocycles. The molecule has 3 aliphatic carbocycles. The quantitative estimate of drug-likeness (QED) is 0.733. The first-order chi connectivity index (χ1) is 10.8. The third-order valence-corrected chi connectivity index (χ3v) is 3.49. The molecule has 0 aromatic heterocycles. The molecule has 0 aliphatic heterocycles. The van der Waals surface area contributed by atoms with Crippen LogP contribution in [-0.4, -0.2) is 11.6 Å². The summed E-state index contributed by atoms with van der Waals surface area (Å²) in [5.74, 6) is 0.626. The predicted molar refractivity (Wildman–Crippen MR) is 85.1 cm³/mol. The van der Waals surface area contributed by atoms with Gasteiger partial charge in [-0.15, -0.1) is 0 Å². The Morgan fingerprint density at radius 2 is 1.17 bits per heavy atom. The molecule has 0 spiro atoms. The van der Waals surface area contributed by atoms with Crippen molar-refractivity contribution < 1.29 is 26.7 Å². The topological polar surface area (TPSA) is 34.1 Å². The van der Waals surface area contributed by atoms with Gasteiger partial charge in [0.1, 0.15) is 0 Å². The van der Waals surface area contributed by atoms with Gasteiger partial charge >= 0.3 is 17.1 Å². The molecule has 3 heteroatoms. The van der Waals surface area contributed by atoms with Crippen LogP contribution in [0.15, 0.2) is 35.9 Å². The van der Waals surface area contributed by atoms with Crippen molar-refractivity contribution in [3.05, 3.63) is 111 Å². The minimum Gasteiger partial charge on any atom is -0.289 e. The maximum Gasteiger partial charge on any atom is 2.00 e. The molecular weight excluding hydrogens is 328 g/mol. The number of carbonyl (C=O) groups excluding carboxylic acids is 2. The molecule has 0 atom stereocenters. The molecule has 23 heavy (non-hydrogen) atoms. The van der Waals surface area contributed by atoms with Crippen molar-refractivity contribution in [1.82, 2.24) is 0 Å². The van der Waals surface area contributed by atoms with Crippen molar-refractivity contribution in [2.45, 2.75) is 0 Å². The van der Waals surface area contributed by atoms with Crippen molar-refractivity contribution in [3.8, 4) is 0 Å². The predicted octanol–water partition coefficient (Wildman–Crippen LogP) is 3.42. The maximum absolute atomic E-state index is 12.2. The molecule has 4 rings (SSSR count). The second kappa shape index (κ2) is 8.61. The van der Waals surface area contributed by atoms with E-state index in [1.54, 1.807) is 24.3 Å². The fraction of sp³-hybridized carbons (Fsp3) is 0. The number of Topliss-reactive ketones (excluding diaryl/α,β-unsaturated/α-hetero) is 1. The fourth-order valence-corrected chi connectivity index (χ4v) is 2.40. The summed E-state index contributed by atoms with van der Waals surface area (Å²) < 4.78 is 0. The van der Waals surface area contributed by atoms with Gasteiger partial charge < -0.3 is 0 Å². The third kappa shape index (κ3) is 4.22. The Balaban J connectivity index is 0.000000276. The molecule has 10 radical (unpaired) electrons. The number of ketones is 2. The summed E-state index contributed by atoms with van der Waals surface area (Å²) in [6, 6.07) is 6.93. The van der Waals surface area contributed by atoms with Gasteiger partial charge in [-0.2, -0.15) is 0 Å². The molecule has 0 unspecified atom stereocenters. The Morgan fingerprint density at radius 1 is 0.652 bits per heavy atom. The first-order valence-electron chi connectivity index (χ1n) is 7.06. The van der Waals surface area contributed by atoms with Gasteiger partial charge in [-0.05, 0) is 63.9 Å². The molecular formula is C20H14FeO2+2. The van der Waals surface area contributed by atoms with E-state index in [1.165, 1.54) is 6.08 Å². The summed E-state index contributed by atoms with van der Waals surface area (Å²) in [5.41, 5.74) is 1.47. The standard InChI is InChI=1S/C15H9O2.C5H5.Fe/c16-14-9-13(10-5-1-2-6-10)15(17)12-8-4-3-7-11(12)14;1-2-4-5-3-1;/h1-9H;1-5H;/q;;+2. The molecule has 112 valence electrons. The average molecular weight is 342 g/mol. The Labute approximate surface area is 149 Å². The molecule has 0 N–H and O–H groups in total. The molecule has 0 saturated heterocycles. The van der Waals surface area contributed by atoms with Crippen molar-refractivity contribution >= 4 is 11.6 Å². The number of allylic oxidation sites excluding steroid dienone is 2. The summed E-state index contributed by atoms with van der Waals surface area (Å²) >= 11 is 0. The SMILES string of the molecule is O=C1C=C([C]2[CH][CH][CH][CH]2)C(=O)c2ccccc21.[CH]1[CH][CH][CH][CH]1.[Fe+2]. The molecule has 0 amide bonds. The monoisotopic (exact) mass is 342 g/mol. The molecule has 2 saturated carbocycles. The first-order valence-corrected chi connectivity index (χ1v) is 7.06. The van der Waals surface area contributed by atoms with E-state index >= 15 is 0 Å². The van der Waals surface area contributed by atoms with E-state index in [2.05, 4.69) is 0 Å². The fourth-order valence-electron chi connectivity index (χ4n) is 2.40. The summed E-state index contributed by atoms with van der Waals surface area (Å²) in [5, 5.41) is 0. The van der Waals surface area contributed by atoms with Gasteiger partial charge in [-0.25, -0.2) is 0 Å². The van der Waals surface area contributed by atoms with Gasteiger partial charge in [0, 0.05) is 22.6 Å². The zero-order valence-electron chi connectivity index (χ0n) is 12.3. The number of fused-ring (bicyclic) bond motifs is 1. The normalized spacial score (nSPS) is 20.3. The maximum atomic E-state index is 12.2. The van der Waals surface area contributed by atoms with Crippen LogP contribution in [0.5, 0.6) is 0 Å². The van der Waals surface area contributed by atoms with Gasteiger partial charge in [0.15, 0.2) is 11.6 Å². The van der Waals surface area contributed by atoms with Crippen LogP contribution in [0.25, 0.3) is 0 Å². The molecule has 1 aromatic rings. The van der Waals surface area contributed by atoms with E-state index in [4.69, 9.17) is 0 Å². The van der Waals surface area contributed by atoms with E-state index in [1.807, 2.05) is 57.8 Å². The number of benzene rings is 1. The summed E-state index contributed by atoms with van der Waals surface area (Å²) in [6.07, 6.45) is 18.8. The molecule has 2 fully saturated rings. The minimum atomic E-state index is -0.101. The van der Waals surface area contributed by atoms with E-state index in [0.717, 1.165) is 5.92 Å². The summed E-state index contributed by atoms with van der Waals surface area (Å²) in [6.45, 7) is 0. The molecule has 3 aliphatic rings. The van der Waals surface area contributed by atoms with Crippen LogP contribution < -0.4 is 0 Å². The van der Waals surface area contributed by atoms with E-state index < -0.39 is 0 Å². The minimum absolute atomic E-state index is 0. The summed E-state index contributed by atoms with van der Waals surface area (Å²) in [4.78, 5) is 24.1. The van der Waals surface area contributed by atoms with Gasteiger partial charge in [0.05, 0.1) is 0 Å². The van der Waals surface area contributed by atoms with Crippen LogP contribution in [0.2, 0.25) is 0 Å². The van der Waals surface area contributed by atoms with E-state index in [-0.39, 0.29) is 28.6 Å².